The molecule has 1 aliphatic heterocycles. The number of hydrogen-bond acceptors (Lipinski definition) is 3. The monoisotopic (exact) mass is 408 g/mol. The van der Waals surface area contributed by atoms with Crippen LogP contribution in [0.15, 0.2) is 53.5 Å². The third-order valence-electron chi connectivity index (χ3n) is 5.18. The molecule has 0 radical (unpaired) electrons. The second kappa shape index (κ2) is 11.2. The standard InChI is InChI=1S/C24H32N4O2/c1-3-25-24(26-16-4-6-19-10-14-22(30-2)15-11-19)27-18-20-8-12-21(13-9-20)28-17-5-7-23(28)29/h8-15H,3-7,16-18H2,1-2H3,(H2,25,26,27). The summed E-state index contributed by atoms with van der Waals surface area (Å²) in [4.78, 5) is 18.4. The van der Waals surface area contributed by atoms with Gasteiger partial charge >= 0.3 is 0 Å². The summed E-state index contributed by atoms with van der Waals surface area (Å²) in [6.07, 6.45) is 3.63. The summed E-state index contributed by atoms with van der Waals surface area (Å²) < 4.78 is 5.20. The van der Waals surface area contributed by atoms with Crippen LogP contribution in [0.1, 0.15) is 37.3 Å². The Morgan fingerprint density at radius 2 is 1.80 bits per heavy atom. The Balaban J connectivity index is 1.46. The molecule has 6 heteroatoms. The van der Waals surface area contributed by atoms with E-state index in [1.807, 2.05) is 29.2 Å². The maximum absolute atomic E-state index is 11.9. The van der Waals surface area contributed by atoms with Crippen molar-refractivity contribution in [3.63, 3.8) is 0 Å². The lowest BCUT2D eigenvalue weighted by Crippen LogP contribution is -2.37. The first-order valence-electron chi connectivity index (χ1n) is 10.7. The second-order valence-electron chi connectivity index (χ2n) is 7.39. The van der Waals surface area contributed by atoms with Crippen molar-refractivity contribution in [3.05, 3.63) is 59.7 Å². The molecule has 0 aliphatic carbocycles. The van der Waals surface area contributed by atoms with E-state index in [-0.39, 0.29) is 5.91 Å². The van der Waals surface area contributed by atoms with Crippen LogP contribution in [0.2, 0.25) is 0 Å². The molecule has 0 unspecified atom stereocenters. The van der Waals surface area contributed by atoms with Gasteiger partial charge in [-0.25, -0.2) is 4.99 Å². The molecular weight excluding hydrogens is 376 g/mol. The van der Waals surface area contributed by atoms with Crippen LogP contribution in [0, 0.1) is 0 Å². The van der Waals surface area contributed by atoms with Crippen LogP contribution in [0.4, 0.5) is 5.69 Å². The Hall–Kier alpha value is -3.02. The molecule has 2 N–H and O–H groups in total. The number of benzene rings is 2. The number of methoxy groups -OCH3 is 1. The largest absolute Gasteiger partial charge is 0.497 e. The van der Waals surface area contributed by atoms with Gasteiger partial charge in [0.15, 0.2) is 5.96 Å². The number of hydrogen-bond donors (Lipinski definition) is 2. The third-order valence-corrected chi connectivity index (χ3v) is 5.18. The molecule has 30 heavy (non-hydrogen) atoms. The van der Waals surface area contributed by atoms with Gasteiger partial charge in [0, 0.05) is 31.7 Å². The van der Waals surface area contributed by atoms with Crippen molar-refractivity contribution in [3.8, 4) is 5.75 Å². The molecule has 1 saturated heterocycles. The minimum absolute atomic E-state index is 0.217. The number of aryl methyl sites for hydroxylation is 1. The number of amides is 1. The highest BCUT2D eigenvalue weighted by atomic mass is 16.5. The van der Waals surface area contributed by atoms with Crippen molar-refractivity contribution in [2.45, 2.75) is 39.2 Å². The van der Waals surface area contributed by atoms with Crippen molar-refractivity contribution >= 4 is 17.6 Å². The van der Waals surface area contributed by atoms with E-state index < -0.39 is 0 Å². The van der Waals surface area contributed by atoms with E-state index in [0.717, 1.165) is 61.9 Å². The van der Waals surface area contributed by atoms with Crippen LogP contribution in [-0.4, -0.2) is 38.6 Å². The number of rotatable bonds is 9. The molecule has 2 aromatic rings. The van der Waals surface area contributed by atoms with Crippen molar-refractivity contribution < 1.29 is 9.53 Å². The summed E-state index contributed by atoms with van der Waals surface area (Å²) in [5, 5.41) is 6.70. The number of nitrogens with zero attached hydrogens (tertiary/aromatic N) is 2. The highest BCUT2D eigenvalue weighted by Crippen LogP contribution is 2.21. The molecule has 2 aromatic carbocycles. The first-order chi connectivity index (χ1) is 14.7. The van der Waals surface area contributed by atoms with Crippen molar-refractivity contribution in [2.75, 3.05) is 31.6 Å². The van der Waals surface area contributed by atoms with Gasteiger partial charge in [0.05, 0.1) is 13.7 Å². The molecule has 160 valence electrons. The van der Waals surface area contributed by atoms with E-state index >= 15 is 0 Å². The molecule has 1 heterocycles. The summed E-state index contributed by atoms with van der Waals surface area (Å²) in [7, 11) is 1.68. The van der Waals surface area contributed by atoms with E-state index in [1.165, 1.54) is 5.56 Å². The van der Waals surface area contributed by atoms with Crippen LogP contribution < -0.4 is 20.3 Å². The summed E-state index contributed by atoms with van der Waals surface area (Å²) in [5.74, 6) is 1.93. The summed E-state index contributed by atoms with van der Waals surface area (Å²) >= 11 is 0. The Morgan fingerprint density at radius 3 is 2.43 bits per heavy atom. The normalized spacial score (nSPS) is 14.1. The summed E-state index contributed by atoms with van der Waals surface area (Å²) in [5.41, 5.74) is 3.41. The molecular formula is C24H32N4O2. The van der Waals surface area contributed by atoms with Crippen molar-refractivity contribution in [2.24, 2.45) is 4.99 Å². The van der Waals surface area contributed by atoms with E-state index in [2.05, 4.69) is 41.8 Å². The van der Waals surface area contributed by atoms with Gasteiger partial charge in [0.25, 0.3) is 0 Å². The van der Waals surface area contributed by atoms with Crippen molar-refractivity contribution in [1.29, 1.82) is 0 Å². The second-order valence-corrected chi connectivity index (χ2v) is 7.39. The molecule has 0 spiro atoms. The lowest BCUT2D eigenvalue weighted by Gasteiger charge is -2.16. The zero-order chi connectivity index (χ0) is 21.2. The SMILES string of the molecule is CCNC(=NCc1ccc(N2CCCC2=O)cc1)NCCCc1ccc(OC)cc1. The van der Waals surface area contributed by atoms with Crippen LogP contribution in [0.25, 0.3) is 0 Å². The lowest BCUT2D eigenvalue weighted by molar-refractivity contribution is -0.117. The maximum Gasteiger partial charge on any atom is 0.227 e. The van der Waals surface area contributed by atoms with Gasteiger partial charge in [-0.1, -0.05) is 24.3 Å². The predicted molar refractivity (Wildman–Crippen MR) is 122 cm³/mol. The van der Waals surface area contributed by atoms with Gasteiger partial charge in [-0.05, 0) is 61.6 Å². The van der Waals surface area contributed by atoms with E-state index in [0.29, 0.717) is 13.0 Å². The average Bonchev–Trinajstić information content (AvgIpc) is 3.21. The number of anilines is 1. The molecule has 0 saturated carbocycles. The molecule has 6 nitrogen and oxygen atoms in total. The quantitative estimate of drug-likeness (QED) is 0.379. The fourth-order valence-electron chi connectivity index (χ4n) is 3.51. The minimum Gasteiger partial charge on any atom is -0.497 e. The van der Waals surface area contributed by atoms with Gasteiger partial charge in [-0.2, -0.15) is 0 Å². The molecule has 0 aromatic heterocycles. The maximum atomic E-state index is 11.9. The van der Waals surface area contributed by atoms with Crippen LogP contribution >= 0.6 is 0 Å². The Kier molecular flexibility index (Phi) is 8.12. The van der Waals surface area contributed by atoms with Crippen LogP contribution in [-0.2, 0) is 17.8 Å². The van der Waals surface area contributed by atoms with E-state index in [1.54, 1.807) is 7.11 Å². The molecule has 0 bridgehead atoms. The third kappa shape index (κ3) is 6.24. The number of ether oxygens (including phenoxy) is 1. The Morgan fingerprint density at radius 1 is 1.07 bits per heavy atom. The first-order valence-corrected chi connectivity index (χ1v) is 10.7. The average molecular weight is 409 g/mol. The molecule has 3 rings (SSSR count). The van der Waals surface area contributed by atoms with Crippen molar-refractivity contribution in [1.82, 2.24) is 10.6 Å². The van der Waals surface area contributed by atoms with E-state index in [4.69, 9.17) is 9.73 Å². The fourth-order valence-corrected chi connectivity index (χ4v) is 3.51. The Labute approximate surface area is 179 Å². The topological polar surface area (TPSA) is 66.0 Å². The highest BCUT2D eigenvalue weighted by Gasteiger charge is 2.21. The number of carbonyl (C=O) groups excluding carboxylic acids is 1. The van der Waals surface area contributed by atoms with Crippen LogP contribution in [0.3, 0.4) is 0 Å². The minimum atomic E-state index is 0.217. The summed E-state index contributed by atoms with van der Waals surface area (Å²) in [6.45, 7) is 5.16. The lowest BCUT2D eigenvalue weighted by atomic mass is 10.1. The van der Waals surface area contributed by atoms with Gasteiger partial charge in [-0.3, -0.25) is 4.79 Å². The zero-order valence-electron chi connectivity index (χ0n) is 18.0. The van der Waals surface area contributed by atoms with Gasteiger partial charge in [0.2, 0.25) is 5.91 Å². The highest BCUT2D eigenvalue weighted by molar-refractivity contribution is 5.95. The smallest absolute Gasteiger partial charge is 0.227 e. The van der Waals surface area contributed by atoms with Gasteiger partial charge < -0.3 is 20.3 Å². The predicted octanol–water partition coefficient (Wildman–Crippen LogP) is 3.51. The van der Waals surface area contributed by atoms with Gasteiger partial charge in [0.1, 0.15) is 5.75 Å². The fraction of sp³-hybridized carbons (Fsp3) is 0.417. The number of nitrogens with one attached hydrogen (secondary N) is 2. The molecule has 1 fully saturated rings. The molecule has 1 amide bonds. The van der Waals surface area contributed by atoms with Gasteiger partial charge in [-0.15, -0.1) is 0 Å². The molecule has 0 atom stereocenters. The van der Waals surface area contributed by atoms with E-state index in [9.17, 15) is 4.79 Å². The zero-order valence-corrected chi connectivity index (χ0v) is 18.0. The number of aliphatic imine (C=N–C) groups is 1. The first kappa shape index (κ1) is 21.7. The Bertz CT molecular complexity index is 831. The summed E-state index contributed by atoms with van der Waals surface area (Å²) in [6, 6.07) is 16.4. The molecule has 1 aliphatic rings. The number of guanidine groups is 1. The number of carbonyl (C=O) groups is 1. The van der Waals surface area contributed by atoms with Crippen LogP contribution in [0.5, 0.6) is 5.75 Å².